The topological polar surface area (TPSA) is 54.0 Å². The summed E-state index contributed by atoms with van der Waals surface area (Å²) in [5.41, 5.74) is 0.0476. The first-order valence-corrected chi connectivity index (χ1v) is 7.46. The summed E-state index contributed by atoms with van der Waals surface area (Å²) in [5, 5.41) is 0. The van der Waals surface area contributed by atoms with E-state index in [4.69, 9.17) is 19.2 Å². The van der Waals surface area contributed by atoms with Gasteiger partial charge in [0.25, 0.3) is 0 Å². The predicted molar refractivity (Wildman–Crippen MR) is 83.4 cm³/mol. The molecule has 0 unspecified atom stereocenters. The lowest BCUT2D eigenvalue weighted by Gasteiger charge is -2.21. The van der Waals surface area contributed by atoms with Crippen LogP contribution in [0.25, 0.3) is 0 Å². The lowest BCUT2D eigenvalue weighted by atomic mass is 10.1. The normalized spacial score (nSPS) is 11.3. The van der Waals surface area contributed by atoms with E-state index in [9.17, 15) is 4.79 Å². The molecule has 0 aliphatic heterocycles. The molecular formula is C17H25O5. The quantitative estimate of drug-likeness (QED) is 0.372. The molecular weight excluding hydrogens is 284 g/mol. The molecule has 5 nitrogen and oxygen atoms in total. The molecule has 0 aliphatic rings. The fraction of sp³-hybridized carbons (Fsp3) is 0.529. The smallest absolute Gasteiger partial charge is 0.373 e. The van der Waals surface area contributed by atoms with E-state index in [0.29, 0.717) is 18.6 Å². The Morgan fingerprint density at radius 3 is 2.50 bits per heavy atom. The molecule has 5 heteroatoms. The number of ether oxygens (including phenoxy) is 2. The standard InChI is InChI=1S/C17H25O5/c1-5-6-12-20-15-9-7-14(8-10-15)16(18)22-21-13-11-17(2,3)19-4/h7-10,13H,5-6,11-12H2,1-4H3. The highest BCUT2D eigenvalue weighted by Gasteiger charge is 2.17. The second kappa shape index (κ2) is 9.43. The van der Waals surface area contributed by atoms with Crippen LogP contribution in [0.15, 0.2) is 24.3 Å². The third-order valence-corrected chi connectivity index (χ3v) is 3.18. The van der Waals surface area contributed by atoms with Gasteiger partial charge < -0.3 is 9.47 Å². The Hall–Kier alpha value is -1.59. The Labute approximate surface area is 132 Å². The lowest BCUT2D eigenvalue weighted by Crippen LogP contribution is -2.22. The molecule has 0 aromatic heterocycles. The Bertz CT molecular complexity index is 439. The zero-order valence-electron chi connectivity index (χ0n) is 13.8. The zero-order chi connectivity index (χ0) is 16.4. The van der Waals surface area contributed by atoms with Gasteiger partial charge in [-0.2, -0.15) is 4.89 Å². The van der Waals surface area contributed by atoms with Crippen molar-refractivity contribution in [2.75, 3.05) is 13.7 Å². The Kier molecular flexibility index (Phi) is 7.91. The largest absolute Gasteiger partial charge is 0.494 e. The fourth-order valence-corrected chi connectivity index (χ4v) is 1.47. The monoisotopic (exact) mass is 309 g/mol. The van der Waals surface area contributed by atoms with Gasteiger partial charge in [0.1, 0.15) is 12.4 Å². The van der Waals surface area contributed by atoms with E-state index in [1.807, 2.05) is 13.8 Å². The number of methoxy groups -OCH3 is 1. The van der Waals surface area contributed by atoms with Crippen molar-refractivity contribution in [3.05, 3.63) is 36.4 Å². The van der Waals surface area contributed by atoms with Gasteiger partial charge in [0.15, 0.2) is 0 Å². The number of carbonyl (C=O) groups excluding carboxylic acids is 1. The summed E-state index contributed by atoms with van der Waals surface area (Å²) in [6, 6.07) is 6.77. The molecule has 0 saturated heterocycles. The maximum atomic E-state index is 11.8. The van der Waals surface area contributed by atoms with E-state index in [2.05, 4.69) is 6.92 Å². The number of hydrogen-bond donors (Lipinski definition) is 0. The predicted octanol–water partition coefficient (Wildman–Crippen LogP) is 3.93. The van der Waals surface area contributed by atoms with E-state index < -0.39 is 5.97 Å². The van der Waals surface area contributed by atoms with Gasteiger partial charge in [0, 0.05) is 13.5 Å². The summed E-state index contributed by atoms with van der Waals surface area (Å²) in [6.45, 7) is 8.00. The molecule has 0 atom stereocenters. The Balaban J connectivity index is 2.33. The molecule has 0 heterocycles. The van der Waals surface area contributed by atoms with Crippen LogP contribution in [0.4, 0.5) is 0 Å². The third-order valence-electron chi connectivity index (χ3n) is 3.18. The highest BCUT2D eigenvalue weighted by molar-refractivity contribution is 5.89. The molecule has 0 fully saturated rings. The van der Waals surface area contributed by atoms with Crippen molar-refractivity contribution in [1.29, 1.82) is 0 Å². The highest BCUT2D eigenvalue weighted by atomic mass is 17.2. The second-order valence-electron chi connectivity index (χ2n) is 5.53. The summed E-state index contributed by atoms with van der Waals surface area (Å²) in [4.78, 5) is 21.3. The van der Waals surface area contributed by atoms with Crippen LogP contribution >= 0.6 is 0 Å². The van der Waals surface area contributed by atoms with Crippen molar-refractivity contribution in [2.45, 2.75) is 45.6 Å². The molecule has 0 N–H and O–H groups in total. The van der Waals surface area contributed by atoms with Gasteiger partial charge in [0.2, 0.25) is 0 Å². The van der Waals surface area contributed by atoms with Crippen LogP contribution in [0.1, 0.15) is 50.4 Å². The first-order valence-electron chi connectivity index (χ1n) is 7.46. The number of unbranched alkanes of at least 4 members (excludes halogenated alkanes) is 1. The van der Waals surface area contributed by atoms with Gasteiger partial charge in [-0.15, -0.1) is 0 Å². The van der Waals surface area contributed by atoms with Crippen molar-refractivity contribution in [1.82, 2.24) is 0 Å². The SMILES string of the molecule is CCCCOc1ccc(C(=O)OO[CH]CC(C)(C)OC)cc1. The number of rotatable bonds is 10. The van der Waals surface area contributed by atoms with Crippen LogP contribution in [-0.2, 0) is 14.5 Å². The average Bonchev–Trinajstić information content (AvgIpc) is 2.52. The van der Waals surface area contributed by atoms with Crippen molar-refractivity contribution >= 4 is 5.97 Å². The average molecular weight is 309 g/mol. The minimum Gasteiger partial charge on any atom is -0.494 e. The van der Waals surface area contributed by atoms with Gasteiger partial charge in [-0.25, -0.2) is 4.79 Å². The van der Waals surface area contributed by atoms with E-state index in [1.54, 1.807) is 31.4 Å². The van der Waals surface area contributed by atoms with Gasteiger partial charge in [-0.3, -0.25) is 4.89 Å². The summed E-state index contributed by atoms with van der Waals surface area (Å²) in [6.07, 6.45) is 2.59. The maximum Gasteiger partial charge on any atom is 0.373 e. The first kappa shape index (κ1) is 18.5. The van der Waals surface area contributed by atoms with Crippen molar-refractivity contribution in [2.24, 2.45) is 0 Å². The summed E-state index contributed by atoms with van der Waals surface area (Å²) in [5.74, 6) is 0.186. The van der Waals surface area contributed by atoms with E-state index in [-0.39, 0.29) is 5.60 Å². The van der Waals surface area contributed by atoms with Gasteiger partial charge in [0.05, 0.1) is 17.8 Å². The number of hydrogen-bond acceptors (Lipinski definition) is 5. The zero-order valence-corrected chi connectivity index (χ0v) is 13.8. The summed E-state index contributed by atoms with van der Waals surface area (Å²) < 4.78 is 10.7. The summed E-state index contributed by atoms with van der Waals surface area (Å²) >= 11 is 0. The molecule has 0 bridgehead atoms. The minimum absolute atomic E-state index is 0.357. The molecule has 0 aliphatic carbocycles. The third kappa shape index (κ3) is 6.91. The van der Waals surface area contributed by atoms with Crippen LogP contribution in [0.3, 0.4) is 0 Å². The number of carbonyl (C=O) groups is 1. The minimum atomic E-state index is -0.549. The maximum absolute atomic E-state index is 11.8. The van der Waals surface area contributed by atoms with Gasteiger partial charge >= 0.3 is 5.97 Å². The van der Waals surface area contributed by atoms with Gasteiger partial charge in [-0.1, -0.05) is 13.3 Å². The molecule has 123 valence electrons. The lowest BCUT2D eigenvalue weighted by molar-refractivity contribution is -0.218. The van der Waals surface area contributed by atoms with Crippen LogP contribution in [-0.4, -0.2) is 25.3 Å². The molecule has 1 rings (SSSR count). The molecule has 0 amide bonds. The highest BCUT2D eigenvalue weighted by Crippen LogP contribution is 2.16. The van der Waals surface area contributed by atoms with Crippen molar-refractivity contribution in [3.63, 3.8) is 0 Å². The molecule has 0 spiro atoms. The molecule has 22 heavy (non-hydrogen) atoms. The van der Waals surface area contributed by atoms with E-state index in [1.165, 1.54) is 6.61 Å². The van der Waals surface area contributed by atoms with E-state index in [0.717, 1.165) is 18.6 Å². The van der Waals surface area contributed by atoms with Crippen LogP contribution < -0.4 is 4.74 Å². The molecule has 1 aromatic carbocycles. The van der Waals surface area contributed by atoms with Crippen molar-refractivity contribution < 1.29 is 24.0 Å². The first-order chi connectivity index (χ1) is 10.5. The molecule has 1 radical (unpaired) electrons. The fourth-order valence-electron chi connectivity index (χ4n) is 1.47. The Morgan fingerprint density at radius 1 is 1.23 bits per heavy atom. The number of benzene rings is 1. The molecule has 0 saturated carbocycles. The van der Waals surface area contributed by atoms with Gasteiger partial charge in [-0.05, 0) is 44.5 Å². The van der Waals surface area contributed by atoms with Crippen molar-refractivity contribution in [3.8, 4) is 5.75 Å². The molecule has 1 aromatic rings. The van der Waals surface area contributed by atoms with Crippen LogP contribution in [0.2, 0.25) is 0 Å². The second-order valence-corrected chi connectivity index (χ2v) is 5.53. The Morgan fingerprint density at radius 2 is 1.91 bits per heavy atom. The summed E-state index contributed by atoms with van der Waals surface area (Å²) in [7, 11) is 1.62. The van der Waals surface area contributed by atoms with Crippen LogP contribution in [0.5, 0.6) is 5.75 Å². The van der Waals surface area contributed by atoms with Crippen LogP contribution in [0, 0.1) is 6.61 Å². The van der Waals surface area contributed by atoms with E-state index >= 15 is 0 Å².